The lowest BCUT2D eigenvalue weighted by molar-refractivity contribution is -0.137. The maximum atomic E-state index is 12.5. The van der Waals surface area contributed by atoms with Crippen molar-refractivity contribution in [2.24, 2.45) is 0 Å². The van der Waals surface area contributed by atoms with Crippen molar-refractivity contribution in [1.82, 2.24) is 0 Å². The SMILES string of the molecule is Cc1cc(C(F)(F)F)ccc1C(=O)C1CCCS1. The summed E-state index contributed by atoms with van der Waals surface area (Å²) < 4.78 is 37.5. The number of thioether (sulfide) groups is 1. The predicted molar refractivity (Wildman–Crippen MR) is 66.0 cm³/mol. The van der Waals surface area contributed by atoms with Crippen molar-refractivity contribution in [2.75, 3.05) is 5.75 Å². The number of hydrogen-bond acceptors (Lipinski definition) is 2. The van der Waals surface area contributed by atoms with E-state index in [0.717, 1.165) is 30.7 Å². The van der Waals surface area contributed by atoms with Gasteiger partial charge in [0.2, 0.25) is 0 Å². The quantitative estimate of drug-likeness (QED) is 0.755. The van der Waals surface area contributed by atoms with E-state index in [1.54, 1.807) is 18.7 Å². The highest BCUT2D eigenvalue weighted by atomic mass is 32.2. The van der Waals surface area contributed by atoms with Crippen LogP contribution in [-0.4, -0.2) is 16.8 Å². The lowest BCUT2D eigenvalue weighted by Crippen LogP contribution is -2.16. The fourth-order valence-electron chi connectivity index (χ4n) is 2.07. The van der Waals surface area contributed by atoms with Crippen molar-refractivity contribution in [3.05, 3.63) is 34.9 Å². The number of benzene rings is 1. The molecule has 0 amide bonds. The normalized spacial score (nSPS) is 20.1. The number of alkyl halides is 3. The largest absolute Gasteiger partial charge is 0.416 e. The molecule has 1 unspecified atom stereocenters. The van der Waals surface area contributed by atoms with E-state index in [1.165, 1.54) is 6.07 Å². The van der Waals surface area contributed by atoms with Crippen LogP contribution < -0.4 is 0 Å². The minimum atomic E-state index is -4.35. The number of aryl methyl sites for hydroxylation is 1. The van der Waals surface area contributed by atoms with Gasteiger partial charge in [-0.05, 0) is 43.2 Å². The summed E-state index contributed by atoms with van der Waals surface area (Å²) in [5, 5.41) is -0.0829. The smallest absolute Gasteiger partial charge is 0.293 e. The summed E-state index contributed by atoms with van der Waals surface area (Å²) in [6.07, 6.45) is -2.53. The summed E-state index contributed by atoms with van der Waals surface area (Å²) in [4.78, 5) is 12.1. The Bertz CT molecular complexity index is 462. The van der Waals surface area contributed by atoms with Gasteiger partial charge in [0.25, 0.3) is 0 Å². The second kappa shape index (κ2) is 4.96. The average molecular weight is 274 g/mol. The van der Waals surface area contributed by atoms with Gasteiger partial charge < -0.3 is 0 Å². The second-order valence-corrected chi connectivity index (χ2v) is 5.70. The molecule has 1 aliphatic rings. The van der Waals surface area contributed by atoms with Crippen LogP contribution in [0.4, 0.5) is 13.2 Å². The molecule has 0 N–H and O–H groups in total. The molecule has 1 nitrogen and oxygen atoms in total. The molecule has 0 saturated carbocycles. The fraction of sp³-hybridized carbons (Fsp3) is 0.462. The molecule has 0 bridgehead atoms. The molecule has 98 valence electrons. The Morgan fingerprint density at radius 3 is 2.61 bits per heavy atom. The Labute approximate surface area is 108 Å². The first-order valence-electron chi connectivity index (χ1n) is 5.73. The molecule has 0 aliphatic carbocycles. The highest BCUT2D eigenvalue weighted by molar-refractivity contribution is 8.00. The standard InChI is InChI=1S/C13H13F3OS/c1-8-7-9(13(14,15)16)4-5-10(8)12(17)11-3-2-6-18-11/h4-5,7,11H,2-3,6H2,1H3. The van der Waals surface area contributed by atoms with Crippen LogP contribution >= 0.6 is 11.8 Å². The molecule has 5 heteroatoms. The van der Waals surface area contributed by atoms with Crippen LogP contribution in [-0.2, 0) is 6.18 Å². The zero-order valence-corrected chi connectivity index (χ0v) is 10.7. The summed E-state index contributed by atoms with van der Waals surface area (Å²) in [7, 11) is 0. The van der Waals surface area contributed by atoms with E-state index in [4.69, 9.17) is 0 Å². The van der Waals surface area contributed by atoms with Gasteiger partial charge in [0.05, 0.1) is 10.8 Å². The maximum absolute atomic E-state index is 12.5. The molecule has 1 atom stereocenters. The number of carbonyl (C=O) groups excluding carboxylic acids is 1. The minimum absolute atomic E-state index is 0.0382. The van der Waals surface area contributed by atoms with Crippen LogP contribution in [0.3, 0.4) is 0 Å². The molecule has 1 aromatic rings. The Morgan fingerprint density at radius 1 is 1.39 bits per heavy atom. The molecule has 2 rings (SSSR count). The third kappa shape index (κ3) is 2.71. The lowest BCUT2D eigenvalue weighted by atomic mass is 9.98. The zero-order chi connectivity index (χ0) is 13.3. The van der Waals surface area contributed by atoms with Gasteiger partial charge in [-0.2, -0.15) is 24.9 Å². The highest BCUT2D eigenvalue weighted by Gasteiger charge is 2.32. The van der Waals surface area contributed by atoms with E-state index in [-0.39, 0.29) is 11.0 Å². The van der Waals surface area contributed by atoms with Crippen LogP contribution in [0, 0.1) is 6.92 Å². The number of ketones is 1. The zero-order valence-electron chi connectivity index (χ0n) is 9.88. The molecular weight excluding hydrogens is 261 g/mol. The minimum Gasteiger partial charge on any atom is -0.293 e. The van der Waals surface area contributed by atoms with Crippen LogP contribution in [0.2, 0.25) is 0 Å². The summed E-state index contributed by atoms with van der Waals surface area (Å²) >= 11 is 1.59. The summed E-state index contributed by atoms with van der Waals surface area (Å²) in [5.74, 6) is 0.916. The van der Waals surface area contributed by atoms with Crippen molar-refractivity contribution in [3.63, 3.8) is 0 Å². The molecule has 18 heavy (non-hydrogen) atoms. The van der Waals surface area contributed by atoms with Crippen LogP contribution in [0.15, 0.2) is 18.2 Å². The van der Waals surface area contributed by atoms with Gasteiger partial charge in [-0.15, -0.1) is 0 Å². The van der Waals surface area contributed by atoms with Crippen LogP contribution in [0.1, 0.15) is 34.3 Å². The molecule has 0 aromatic heterocycles. The number of halogens is 3. The van der Waals surface area contributed by atoms with E-state index in [0.29, 0.717) is 11.1 Å². The van der Waals surface area contributed by atoms with Crippen molar-refractivity contribution in [1.29, 1.82) is 0 Å². The van der Waals surface area contributed by atoms with Gasteiger partial charge in [0.15, 0.2) is 5.78 Å². The van der Waals surface area contributed by atoms with Crippen molar-refractivity contribution in [3.8, 4) is 0 Å². The van der Waals surface area contributed by atoms with Gasteiger partial charge in [-0.25, -0.2) is 0 Å². The van der Waals surface area contributed by atoms with Crippen LogP contribution in [0.25, 0.3) is 0 Å². The first-order chi connectivity index (χ1) is 8.39. The lowest BCUT2D eigenvalue weighted by Gasteiger charge is -2.12. The van der Waals surface area contributed by atoms with Crippen LogP contribution in [0.5, 0.6) is 0 Å². The molecule has 0 radical (unpaired) electrons. The van der Waals surface area contributed by atoms with E-state index in [1.807, 2.05) is 0 Å². The van der Waals surface area contributed by atoms with E-state index in [9.17, 15) is 18.0 Å². The first-order valence-corrected chi connectivity index (χ1v) is 6.78. The van der Waals surface area contributed by atoms with Gasteiger partial charge >= 0.3 is 6.18 Å². The predicted octanol–water partition coefficient (Wildman–Crippen LogP) is 4.09. The topological polar surface area (TPSA) is 17.1 Å². The van der Waals surface area contributed by atoms with Gasteiger partial charge in [0.1, 0.15) is 0 Å². The Kier molecular flexibility index (Phi) is 3.71. The third-order valence-corrected chi connectivity index (χ3v) is 4.42. The third-order valence-electron chi connectivity index (χ3n) is 3.04. The Morgan fingerprint density at radius 2 is 2.11 bits per heavy atom. The molecule has 0 spiro atoms. The Balaban J connectivity index is 2.27. The first kappa shape index (κ1) is 13.5. The number of rotatable bonds is 2. The van der Waals surface area contributed by atoms with Gasteiger partial charge in [-0.1, -0.05) is 6.07 Å². The molecule has 1 aromatic carbocycles. The molecule has 1 saturated heterocycles. The average Bonchev–Trinajstić information content (AvgIpc) is 2.80. The van der Waals surface area contributed by atoms with E-state index < -0.39 is 11.7 Å². The number of hydrogen-bond donors (Lipinski definition) is 0. The van der Waals surface area contributed by atoms with Crippen molar-refractivity contribution < 1.29 is 18.0 Å². The summed E-state index contributed by atoms with van der Waals surface area (Å²) in [6, 6.07) is 3.34. The fourth-order valence-corrected chi connectivity index (χ4v) is 3.30. The van der Waals surface area contributed by atoms with E-state index >= 15 is 0 Å². The summed E-state index contributed by atoms with van der Waals surface area (Å²) in [6.45, 7) is 1.56. The number of carbonyl (C=O) groups is 1. The van der Waals surface area contributed by atoms with Gasteiger partial charge in [-0.3, -0.25) is 4.79 Å². The molecule has 1 fully saturated rings. The molecular formula is C13H13F3OS. The molecule has 1 heterocycles. The second-order valence-electron chi connectivity index (χ2n) is 4.39. The maximum Gasteiger partial charge on any atom is 0.416 e. The Hall–Kier alpha value is -0.970. The van der Waals surface area contributed by atoms with Crippen molar-refractivity contribution >= 4 is 17.5 Å². The van der Waals surface area contributed by atoms with E-state index in [2.05, 4.69) is 0 Å². The van der Waals surface area contributed by atoms with Gasteiger partial charge in [0, 0.05) is 5.56 Å². The monoisotopic (exact) mass is 274 g/mol. The highest BCUT2D eigenvalue weighted by Crippen LogP contribution is 2.33. The molecule has 1 aliphatic heterocycles. The number of Topliss-reactive ketones (excluding diaryl/α,β-unsaturated/α-hetero) is 1. The summed E-state index contributed by atoms with van der Waals surface area (Å²) in [5.41, 5.74) is 0.125. The van der Waals surface area contributed by atoms with Crippen molar-refractivity contribution in [2.45, 2.75) is 31.2 Å².